The molecule has 0 radical (unpaired) electrons. The summed E-state index contributed by atoms with van der Waals surface area (Å²) in [4.78, 5) is 2.56. The van der Waals surface area contributed by atoms with E-state index in [4.69, 9.17) is 5.73 Å². The Bertz CT molecular complexity index is 367. The van der Waals surface area contributed by atoms with E-state index in [0.29, 0.717) is 5.41 Å². The molecule has 18 heavy (non-hydrogen) atoms. The van der Waals surface area contributed by atoms with Crippen LogP contribution in [0.3, 0.4) is 0 Å². The molecule has 1 aromatic rings. The molecular formula is C16H26N2. The molecule has 1 fully saturated rings. The summed E-state index contributed by atoms with van der Waals surface area (Å²) >= 11 is 0. The van der Waals surface area contributed by atoms with Crippen molar-refractivity contribution in [3.8, 4) is 0 Å². The van der Waals surface area contributed by atoms with Gasteiger partial charge in [-0.05, 0) is 55.0 Å². The summed E-state index contributed by atoms with van der Waals surface area (Å²) in [6, 6.07) is 8.28. The zero-order valence-electron chi connectivity index (χ0n) is 11.9. The van der Waals surface area contributed by atoms with Crippen LogP contribution in [-0.4, -0.2) is 18.0 Å². The number of hydrogen-bond acceptors (Lipinski definition) is 2. The number of piperidine rings is 1. The van der Waals surface area contributed by atoms with Crippen LogP contribution < -0.4 is 5.73 Å². The Hall–Kier alpha value is -1.02. The summed E-state index contributed by atoms with van der Waals surface area (Å²) < 4.78 is 0. The largest absolute Gasteiger partial charge is 0.399 e. The molecule has 2 heteroatoms. The van der Waals surface area contributed by atoms with E-state index in [1.165, 1.54) is 31.5 Å². The minimum atomic E-state index is 0.466. The second-order valence-corrected chi connectivity index (χ2v) is 6.66. The Balaban J connectivity index is 1.85. The quantitative estimate of drug-likeness (QED) is 0.809. The highest BCUT2D eigenvalue weighted by Crippen LogP contribution is 2.34. The molecule has 1 aliphatic heterocycles. The Kier molecular flexibility index (Phi) is 3.96. The summed E-state index contributed by atoms with van der Waals surface area (Å²) in [7, 11) is 0. The molecule has 100 valence electrons. The molecule has 1 saturated heterocycles. The van der Waals surface area contributed by atoms with Crippen molar-refractivity contribution in [3.63, 3.8) is 0 Å². The number of rotatable bonds is 2. The fraction of sp³-hybridized carbons (Fsp3) is 0.625. The fourth-order valence-corrected chi connectivity index (χ4v) is 2.84. The lowest BCUT2D eigenvalue weighted by molar-refractivity contribution is 0.108. The van der Waals surface area contributed by atoms with Gasteiger partial charge in [0.2, 0.25) is 0 Å². The van der Waals surface area contributed by atoms with E-state index in [0.717, 1.165) is 18.2 Å². The van der Waals surface area contributed by atoms with Gasteiger partial charge < -0.3 is 5.73 Å². The maximum atomic E-state index is 5.71. The summed E-state index contributed by atoms with van der Waals surface area (Å²) in [5.74, 6) is 0.875. The molecule has 1 aliphatic rings. The van der Waals surface area contributed by atoms with E-state index in [1.54, 1.807) is 0 Å². The van der Waals surface area contributed by atoms with Crippen LogP contribution in [0.1, 0.15) is 39.2 Å². The van der Waals surface area contributed by atoms with Gasteiger partial charge in [-0.1, -0.05) is 32.9 Å². The van der Waals surface area contributed by atoms with Gasteiger partial charge in [-0.15, -0.1) is 0 Å². The lowest BCUT2D eigenvalue weighted by Gasteiger charge is -2.38. The predicted octanol–water partition coefficient (Wildman–Crippen LogP) is 3.53. The van der Waals surface area contributed by atoms with Gasteiger partial charge >= 0.3 is 0 Å². The highest BCUT2D eigenvalue weighted by atomic mass is 15.1. The van der Waals surface area contributed by atoms with Crippen LogP contribution in [0.25, 0.3) is 0 Å². The van der Waals surface area contributed by atoms with Gasteiger partial charge in [-0.2, -0.15) is 0 Å². The number of hydrogen-bond donors (Lipinski definition) is 1. The van der Waals surface area contributed by atoms with Gasteiger partial charge in [0.1, 0.15) is 0 Å². The molecule has 2 N–H and O–H groups in total. The predicted molar refractivity (Wildman–Crippen MR) is 78.3 cm³/mol. The molecule has 2 nitrogen and oxygen atoms in total. The van der Waals surface area contributed by atoms with Crippen LogP contribution in [-0.2, 0) is 6.54 Å². The molecule has 0 amide bonds. The van der Waals surface area contributed by atoms with Crippen LogP contribution >= 0.6 is 0 Å². The standard InChI is InChI=1S/C16H26N2/c1-16(2,3)14-8-10-18(11-9-14)12-13-4-6-15(17)7-5-13/h4-7,14H,8-12,17H2,1-3H3. The molecule has 0 unspecified atom stereocenters. The molecule has 0 saturated carbocycles. The van der Waals surface area contributed by atoms with Gasteiger partial charge in [0.15, 0.2) is 0 Å². The van der Waals surface area contributed by atoms with E-state index in [9.17, 15) is 0 Å². The minimum Gasteiger partial charge on any atom is -0.399 e. The van der Waals surface area contributed by atoms with E-state index < -0.39 is 0 Å². The van der Waals surface area contributed by atoms with Crippen LogP contribution in [0.2, 0.25) is 0 Å². The first kappa shape index (κ1) is 13.4. The van der Waals surface area contributed by atoms with Crippen molar-refractivity contribution in [3.05, 3.63) is 29.8 Å². The average Bonchev–Trinajstić information content (AvgIpc) is 2.32. The summed E-state index contributed by atoms with van der Waals surface area (Å²) in [5.41, 5.74) is 8.40. The zero-order chi connectivity index (χ0) is 13.2. The minimum absolute atomic E-state index is 0.466. The number of benzene rings is 1. The number of likely N-dealkylation sites (tertiary alicyclic amines) is 1. The van der Waals surface area contributed by atoms with E-state index >= 15 is 0 Å². The Morgan fingerprint density at radius 3 is 2.17 bits per heavy atom. The molecule has 0 aliphatic carbocycles. The van der Waals surface area contributed by atoms with Gasteiger partial charge in [-0.3, -0.25) is 4.90 Å². The lowest BCUT2D eigenvalue weighted by atomic mass is 9.75. The lowest BCUT2D eigenvalue weighted by Crippen LogP contribution is -2.37. The molecule has 1 aromatic carbocycles. The number of anilines is 1. The molecule has 2 rings (SSSR count). The summed E-state index contributed by atoms with van der Waals surface area (Å²) in [6.07, 6.45) is 2.66. The van der Waals surface area contributed by atoms with Gasteiger partial charge in [-0.25, -0.2) is 0 Å². The normalized spacial score (nSPS) is 19.1. The van der Waals surface area contributed by atoms with Gasteiger partial charge in [0.05, 0.1) is 0 Å². The Labute approximate surface area is 111 Å². The van der Waals surface area contributed by atoms with Crippen LogP contribution in [0.15, 0.2) is 24.3 Å². The first-order valence-electron chi connectivity index (χ1n) is 7.02. The molecule has 0 spiro atoms. The Morgan fingerprint density at radius 2 is 1.67 bits per heavy atom. The third-order valence-corrected chi connectivity index (χ3v) is 4.20. The van der Waals surface area contributed by atoms with Crippen molar-refractivity contribution >= 4 is 5.69 Å². The van der Waals surface area contributed by atoms with Crippen molar-refractivity contribution in [2.45, 2.75) is 40.2 Å². The van der Waals surface area contributed by atoms with Gasteiger partial charge in [0, 0.05) is 12.2 Å². The van der Waals surface area contributed by atoms with E-state index in [1.807, 2.05) is 12.1 Å². The first-order valence-corrected chi connectivity index (χ1v) is 7.02. The van der Waals surface area contributed by atoms with Crippen LogP contribution in [0, 0.1) is 11.3 Å². The average molecular weight is 246 g/mol. The zero-order valence-corrected chi connectivity index (χ0v) is 11.9. The molecular weight excluding hydrogens is 220 g/mol. The highest BCUT2D eigenvalue weighted by Gasteiger charge is 2.28. The molecule has 0 bridgehead atoms. The highest BCUT2D eigenvalue weighted by molar-refractivity contribution is 5.39. The van der Waals surface area contributed by atoms with Crippen LogP contribution in [0.4, 0.5) is 5.69 Å². The van der Waals surface area contributed by atoms with Crippen molar-refractivity contribution in [1.29, 1.82) is 0 Å². The third kappa shape index (κ3) is 3.49. The molecule has 1 heterocycles. The topological polar surface area (TPSA) is 29.3 Å². The molecule has 0 atom stereocenters. The summed E-state index contributed by atoms with van der Waals surface area (Å²) in [5, 5.41) is 0. The second-order valence-electron chi connectivity index (χ2n) is 6.66. The Morgan fingerprint density at radius 1 is 1.11 bits per heavy atom. The van der Waals surface area contributed by atoms with E-state index in [-0.39, 0.29) is 0 Å². The first-order chi connectivity index (χ1) is 8.45. The van der Waals surface area contributed by atoms with Gasteiger partial charge in [0.25, 0.3) is 0 Å². The number of nitrogens with zero attached hydrogens (tertiary/aromatic N) is 1. The van der Waals surface area contributed by atoms with Crippen molar-refractivity contribution in [2.75, 3.05) is 18.8 Å². The second kappa shape index (κ2) is 5.31. The van der Waals surface area contributed by atoms with Crippen molar-refractivity contribution in [1.82, 2.24) is 4.90 Å². The fourth-order valence-electron chi connectivity index (χ4n) is 2.84. The maximum absolute atomic E-state index is 5.71. The molecule has 0 aromatic heterocycles. The SMILES string of the molecule is CC(C)(C)C1CCN(Cc2ccc(N)cc2)CC1. The number of nitrogen functional groups attached to an aromatic ring is 1. The van der Waals surface area contributed by atoms with Crippen LogP contribution in [0.5, 0.6) is 0 Å². The maximum Gasteiger partial charge on any atom is 0.0314 e. The van der Waals surface area contributed by atoms with Crippen molar-refractivity contribution < 1.29 is 0 Å². The summed E-state index contributed by atoms with van der Waals surface area (Å²) in [6.45, 7) is 10.6. The smallest absolute Gasteiger partial charge is 0.0314 e. The monoisotopic (exact) mass is 246 g/mol. The number of nitrogens with two attached hydrogens (primary N) is 1. The van der Waals surface area contributed by atoms with E-state index in [2.05, 4.69) is 37.8 Å². The van der Waals surface area contributed by atoms with Crippen molar-refractivity contribution in [2.24, 2.45) is 11.3 Å². The third-order valence-electron chi connectivity index (χ3n) is 4.20.